The van der Waals surface area contributed by atoms with Crippen molar-refractivity contribution in [2.24, 2.45) is 0 Å². The second-order valence-corrected chi connectivity index (χ2v) is 7.55. The molecule has 1 aromatic carbocycles. The van der Waals surface area contributed by atoms with Crippen LogP contribution in [0.25, 0.3) is 0 Å². The van der Waals surface area contributed by atoms with Gasteiger partial charge in [-0.2, -0.15) is 0 Å². The van der Waals surface area contributed by atoms with Crippen molar-refractivity contribution in [3.8, 4) is 0 Å². The van der Waals surface area contributed by atoms with Gasteiger partial charge in [0.1, 0.15) is 12.0 Å². The summed E-state index contributed by atoms with van der Waals surface area (Å²) in [5, 5.41) is 2.92. The van der Waals surface area contributed by atoms with Crippen molar-refractivity contribution in [3.63, 3.8) is 0 Å². The Hall–Kier alpha value is -2.94. The molecule has 3 aromatic rings. The lowest BCUT2D eigenvalue weighted by molar-refractivity contribution is 0.0383. The van der Waals surface area contributed by atoms with E-state index in [1.165, 1.54) is 11.8 Å². The number of carbonyl (C=O) groups is 1. The summed E-state index contributed by atoms with van der Waals surface area (Å²) in [6, 6.07) is 14.0. The Morgan fingerprint density at radius 2 is 1.87 bits per heavy atom. The van der Waals surface area contributed by atoms with E-state index in [2.05, 4.69) is 32.2 Å². The van der Waals surface area contributed by atoms with Crippen LogP contribution in [0.15, 0.2) is 63.8 Å². The predicted molar refractivity (Wildman–Crippen MR) is 114 cm³/mol. The Kier molecular flexibility index (Phi) is 7.49. The van der Waals surface area contributed by atoms with Crippen molar-refractivity contribution in [1.82, 2.24) is 20.1 Å². The fourth-order valence-corrected chi connectivity index (χ4v) is 3.55. The summed E-state index contributed by atoms with van der Waals surface area (Å²) in [6.07, 6.45) is 3.09. The van der Waals surface area contributed by atoms with E-state index in [1.807, 2.05) is 30.3 Å². The van der Waals surface area contributed by atoms with E-state index < -0.39 is 0 Å². The van der Waals surface area contributed by atoms with Crippen molar-refractivity contribution < 1.29 is 18.4 Å². The molecular weight excluding hydrogens is 396 g/mol. The molecule has 0 aliphatic carbocycles. The zero-order valence-electron chi connectivity index (χ0n) is 17.5. The van der Waals surface area contributed by atoms with Crippen molar-refractivity contribution in [3.05, 3.63) is 77.9 Å². The molecule has 4 rings (SSSR count). The van der Waals surface area contributed by atoms with Crippen LogP contribution < -0.4 is 5.32 Å². The lowest BCUT2D eigenvalue weighted by Crippen LogP contribution is -2.41. The van der Waals surface area contributed by atoms with Gasteiger partial charge in [-0.15, -0.1) is 0 Å². The number of ether oxygens (including phenoxy) is 1. The number of aromatic nitrogens is 1. The number of furan rings is 1. The Balaban J connectivity index is 1.32. The summed E-state index contributed by atoms with van der Waals surface area (Å²) in [7, 11) is 0. The van der Waals surface area contributed by atoms with Crippen LogP contribution in [0.4, 0.5) is 0 Å². The summed E-state index contributed by atoms with van der Waals surface area (Å²) in [5.74, 6) is 1.15. The van der Waals surface area contributed by atoms with Gasteiger partial charge in [0.05, 0.1) is 32.6 Å². The zero-order valence-corrected chi connectivity index (χ0v) is 17.5. The van der Waals surface area contributed by atoms with Crippen LogP contribution >= 0.6 is 0 Å². The summed E-state index contributed by atoms with van der Waals surface area (Å²) >= 11 is 0. The summed E-state index contributed by atoms with van der Waals surface area (Å²) < 4.78 is 16.4. The summed E-state index contributed by atoms with van der Waals surface area (Å²) in [6.45, 7) is 6.46. The molecule has 0 saturated carbocycles. The second-order valence-electron chi connectivity index (χ2n) is 7.55. The van der Waals surface area contributed by atoms with E-state index in [1.54, 1.807) is 6.26 Å². The molecule has 31 heavy (non-hydrogen) atoms. The Morgan fingerprint density at radius 3 is 2.65 bits per heavy atom. The van der Waals surface area contributed by atoms with E-state index in [0.717, 1.165) is 38.6 Å². The molecule has 0 spiro atoms. The summed E-state index contributed by atoms with van der Waals surface area (Å²) in [4.78, 5) is 21.3. The molecule has 0 unspecified atom stereocenters. The summed E-state index contributed by atoms with van der Waals surface area (Å²) in [5.41, 5.74) is 1.48. The van der Waals surface area contributed by atoms with Crippen molar-refractivity contribution in [1.29, 1.82) is 0 Å². The number of nitrogens with one attached hydrogen (secondary N) is 1. The Labute approximate surface area is 181 Å². The third-order valence-corrected chi connectivity index (χ3v) is 5.17. The molecule has 1 saturated heterocycles. The van der Waals surface area contributed by atoms with Crippen molar-refractivity contribution >= 4 is 5.91 Å². The number of oxazole rings is 1. The topological polar surface area (TPSA) is 84.0 Å². The fraction of sp³-hybridized carbons (Fsp3) is 0.391. The average molecular weight is 425 g/mol. The van der Waals surface area contributed by atoms with Crippen molar-refractivity contribution in [2.75, 3.05) is 39.4 Å². The highest BCUT2D eigenvalue weighted by Gasteiger charge is 2.17. The number of rotatable bonds is 10. The largest absolute Gasteiger partial charge is 0.468 e. The van der Waals surface area contributed by atoms with Crippen LogP contribution in [-0.4, -0.2) is 60.1 Å². The van der Waals surface area contributed by atoms with E-state index in [4.69, 9.17) is 13.6 Å². The van der Waals surface area contributed by atoms with Gasteiger partial charge < -0.3 is 18.9 Å². The lowest BCUT2D eigenvalue weighted by Gasteiger charge is -2.26. The second kappa shape index (κ2) is 10.9. The average Bonchev–Trinajstić information content (AvgIpc) is 3.47. The van der Waals surface area contributed by atoms with E-state index in [9.17, 15) is 4.79 Å². The normalized spacial score (nSPS) is 14.7. The maximum atomic E-state index is 12.4. The number of nitrogens with zero attached hydrogens (tertiary/aromatic N) is 3. The molecule has 3 heterocycles. The number of morpholine rings is 1. The number of hydrogen-bond donors (Lipinski definition) is 1. The fourth-order valence-electron chi connectivity index (χ4n) is 3.55. The third kappa shape index (κ3) is 6.52. The van der Waals surface area contributed by atoms with Gasteiger partial charge in [-0.3, -0.25) is 14.6 Å². The van der Waals surface area contributed by atoms with Gasteiger partial charge >= 0.3 is 0 Å². The molecule has 1 N–H and O–H groups in total. The number of amides is 1. The minimum Gasteiger partial charge on any atom is -0.468 e. The smallest absolute Gasteiger partial charge is 0.273 e. The van der Waals surface area contributed by atoms with Gasteiger partial charge in [0, 0.05) is 32.7 Å². The highest BCUT2D eigenvalue weighted by atomic mass is 16.5. The number of hydrogen-bond acceptors (Lipinski definition) is 7. The van der Waals surface area contributed by atoms with Crippen molar-refractivity contribution in [2.45, 2.75) is 19.6 Å². The van der Waals surface area contributed by atoms with E-state index >= 15 is 0 Å². The van der Waals surface area contributed by atoms with E-state index in [-0.39, 0.29) is 5.91 Å². The lowest BCUT2D eigenvalue weighted by atomic mass is 10.2. The SMILES string of the molecule is O=C(NCCN1CCOCC1)c1coc(CN(Cc2ccccc2)Cc2ccco2)n1. The first-order valence-corrected chi connectivity index (χ1v) is 10.6. The Morgan fingerprint density at radius 1 is 1.03 bits per heavy atom. The molecule has 164 valence electrons. The maximum absolute atomic E-state index is 12.4. The third-order valence-electron chi connectivity index (χ3n) is 5.17. The molecule has 1 aliphatic heterocycles. The molecule has 0 atom stereocenters. The van der Waals surface area contributed by atoms with E-state index in [0.29, 0.717) is 37.8 Å². The molecule has 8 nitrogen and oxygen atoms in total. The minimum atomic E-state index is -0.219. The van der Waals surface area contributed by atoms with Gasteiger partial charge in [-0.05, 0) is 17.7 Å². The Bertz CT molecular complexity index is 920. The van der Waals surface area contributed by atoms with Crippen LogP contribution in [0.2, 0.25) is 0 Å². The van der Waals surface area contributed by atoms with Gasteiger partial charge in [0.25, 0.3) is 5.91 Å². The zero-order chi connectivity index (χ0) is 21.3. The van der Waals surface area contributed by atoms with Crippen LogP contribution in [-0.2, 0) is 24.4 Å². The quantitative estimate of drug-likeness (QED) is 0.535. The highest BCUT2D eigenvalue weighted by Crippen LogP contribution is 2.14. The standard InChI is InChI=1S/C23H28N4O4/c28-23(24-8-9-26-10-13-29-14-11-26)21-18-31-22(25-21)17-27(16-20-7-4-12-30-20)15-19-5-2-1-3-6-19/h1-7,12,18H,8-11,13-17H2,(H,24,28). The monoisotopic (exact) mass is 424 g/mol. The molecule has 8 heteroatoms. The van der Waals surface area contributed by atoms with Crippen LogP contribution in [0.1, 0.15) is 27.7 Å². The molecule has 1 amide bonds. The van der Waals surface area contributed by atoms with Crippen LogP contribution in [0, 0.1) is 0 Å². The molecule has 0 bridgehead atoms. The molecule has 1 fully saturated rings. The number of benzene rings is 1. The maximum Gasteiger partial charge on any atom is 0.273 e. The van der Waals surface area contributed by atoms with Crippen LogP contribution in [0.5, 0.6) is 0 Å². The highest BCUT2D eigenvalue weighted by molar-refractivity contribution is 5.91. The van der Waals surface area contributed by atoms with Gasteiger partial charge in [0.15, 0.2) is 5.69 Å². The van der Waals surface area contributed by atoms with Crippen LogP contribution in [0.3, 0.4) is 0 Å². The van der Waals surface area contributed by atoms with Gasteiger partial charge in [-0.25, -0.2) is 4.98 Å². The number of carbonyl (C=O) groups excluding carboxylic acids is 1. The predicted octanol–water partition coefficient (Wildman–Crippen LogP) is 2.53. The first-order valence-electron chi connectivity index (χ1n) is 10.6. The minimum absolute atomic E-state index is 0.219. The first kappa shape index (κ1) is 21.3. The van der Waals surface area contributed by atoms with Gasteiger partial charge in [-0.1, -0.05) is 30.3 Å². The molecule has 0 radical (unpaired) electrons. The molecule has 2 aromatic heterocycles. The molecule has 1 aliphatic rings. The molecular formula is C23H28N4O4. The first-order chi connectivity index (χ1) is 15.3. The van der Waals surface area contributed by atoms with Gasteiger partial charge in [0.2, 0.25) is 5.89 Å².